The van der Waals surface area contributed by atoms with Crippen molar-refractivity contribution in [3.63, 3.8) is 0 Å². The molecule has 2 atom stereocenters. The highest BCUT2D eigenvalue weighted by Crippen LogP contribution is 2.21. The largest absolute Gasteiger partial charge is 0.490 e. The van der Waals surface area contributed by atoms with Gasteiger partial charge in [0.1, 0.15) is 30.8 Å². The lowest BCUT2D eigenvalue weighted by atomic mass is 10.1. The molecule has 7 heteroatoms. The van der Waals surface area contributed by atoms with Crippen LogP contribution in [0.5, 0.6) is 5.75 Å². The molecule has 2 aromatic carbocycles. The molecule has 0 saturated carbocycles. The zero-order valence-corrected chi connectivity index (χ0v) is 16.2. The first-order valence-corrected chi connectivity index (χ1v) is 9.51. The third-order valence-corrected chi connectivity index (χ3v) is 4.79. The SMILES string of the molecule is Cc1ccc(OCCOC(=O)C2CC(O)CN2C(=O)Cc2ccccc2F)cc1. The second-order valence-electron chi connectivity index (χ2n) is 7.05. The average Bonchev–Trinajstić information content (AvgIpc) is 3.10. The van der Waals surface area contributed by atoms with Crippen molar-refractivity contribution in [1.82, 2.24) is 4.90 Å². The summed E-state index contributed by atoms with van der Waals surface area (Å²) < 4.78 is 24.6. The Morgan fingerprint density at radius 1 is 1.14 bits per heavy atom. The maximum absolute atomic E-state index is 13.8. The van der Waals surface area contributed by atoms with Gasteiger partial charge in [0.25, 0.3) is 0 Å². The van der Waals surface area contributed by atoms with Crippen LogP contribution >= 0.6 is 0 Å². The van der Waals surface area contributed by atoms with E-state index in [1.165, 1.54) is 17.0 Å². The van der Waals surface area contributed by atoms with Crippen LogP contribution in [0.15, 0.2) is 48.5 Å². The average molecular weight is 401 g/mol. The van der Waals surface area contributed by atoms with Crippen molar-refractivity contribution < 1.29 is 28.6 Å². The van der Waals surface area contributed by atoms with Gasteiger partial charge >= 0.3 is 5.97 Å². The van der Waals surface area contributed by atoms with Crippen LogP contribution in [0.4, 0.5) is 4.39 Å². The Morgan fingerprint density at radius 3 is 2.59 bits per heavy atom. The number of likely N-dealkylation sites (tertiary alicyclic amines) is 1. The Hall–Kier alpha value is -2.93. The van der Waals surface area contributed by atoms with E-state index in [9.17, 15) is 19.1 Å². The van der Waals surface area contributed by atoms with E-state index in [0.717, 1.165) is 5.56 Å². The second kappa shape index (κ2) is 9.52. The van der Waals surface area contributed by atoms with Gasteiger partial charge in [-0.25, -0.2) is 9.18 Å². The molecule has 1 N–H and O–H groups in total. The van der Waals surface area contributed by atoms with Crippen molar-refractivity contribution in [3.05, 3.63) is 65.5 Å². The Balaban J connectivity index is 1.52. The normalized spacial score (nSPS) is 18.5. The van der Waals surface area contributed by atoms with Crippen LogP contribution in [-0.4, -0.2) is 53.8 Å². The molecule has 1 fully saturated rings. The van der Waals surface area contributed by atoms with E-state index in [1.807, 2.05) is 31.2 Å². The number of hydrogen-bond donors (Lipinski definition) is 1. The van der Waals surface area contributed by atoms with Gasteiger partial charge in [0, 0.05) is 13.0 Å². The Morgan fingerprint density at radius 2 is 1.86 bits per heavy atom. The number of β-amino-alcohol motifs (C(OH)–C–C–N with tert-alkyl or cyclic N) is 1. The van der Waals surface area contributed by atoms with Crippen molar-refractivity contribution in [1.29, 1.82) is 0 Å². The highest BCUT2D eigenvalue weighted by molar-refractivity contribution is 5.86. The van der Waals surface area contributed by atoms with E-state index >= 15 is 0 Å². The molecule has 1 heterocycles. The Kier molecular flexibility index (Phi) is 6.82. The van der Waals surface area contributed by atoms with Gasteiger partial charge < -0.3 is 19.5 Å². The van der Waals surface area contributed by atoms with E-state index in [1.54, 1.807) is 12.1 Å². The van der Waals surface area contributed by atoms with Crippen LogP contribution in [0.25, 0.3) is 0 Å². The predicted octanol–water partition coefficient (Wildman–Crippen LogP) is 2.26. The van der Waals surface area contributed by atoms with Crippen LogP contribution in [0, 0.1) is 12.7 Å². The number of carbonyl (C=O) groups excluding carboxylic acids is 2. The minimum absolute atomic E-state index is 0.0208. The number of ether oxygens (including phenoxy) is 2. The zero-order chi connectivity index (χ0) is 20.8. The van der Waals surface area contributed by atoms with Gasteiger partial charge in [0.15, 0.2) is 0 Å². The molecule has 1 amide bonds. The molecule has 0 aliphatic carbocycles. The van der Waals surface area contributed by atoms with Gasteiger partial charge in [-0.3, -0.25) is 4.79 Å². The number of esters is 1. The van der Waals surface area contributed by atoms with Gasteiger partial charge in [-0.05, 0) is 30.7 Å². The monoisotopic (exact) mass is 401 g/mol. The number of hydrogen-bond acceptors (Lipinski definition) is 5. The first-order chi connectivity index (χ1) is 13.9. The molecule has 1 aliphatic rings. The summed E-state index contributed by atoms with van der Waals surface area (Å²) in [6, 6.07) is 12.6. The van der Waals surface area contributed by atoms with Crippen molar-refractivity contribution in [3.8, 4) is 5.75 Å². The quantitative estimate of drug-likeness (QED) is 0.569. The van der Waals surface area contributed by atoms with Gasteiger partial charge in [-0.2, -0.15) is 0 Å². The maximum Gasteiger partial charge on any atom is 0.329 e. The number of rotatable bonds is 7. The minimum atomic E-state index is -0.886. The summed E-state index contributed by atoms with van der Waals surface area (Å²) in [7, 11) is 0. The summed E-state index contributed by atoms with van der Waals surface area (Å²) in [5.41, 5.74) is 1.36. The van der Waals surface area contributed by atoms with Crippen LogP contribution < -0.4 is 4.74 Å². The lowest BCUT2D eigenvalue weighted by Gasteiger charge is -2.23. The number of aliphatic hydroxyl groups is 1. The van der Waals surface area contributed by atoms with Gasteiger partial charge in [-0.1, -0.05) is 35.9 Å². The number of halogens is 1. The molecule has 0 spiro atoms. The fraction of sp³-hybridized carbons (Fsp3) is 0.364. The predicted molar refractivity (Wildman–Crippen MR) is 104 cm³/mol. The van der Waals surface area contributed by atoms with Gasteiger partial charge in [-0.15, -0.1) is 0 Å². The number of aliphatic hydroxyl groups excluding tert-OH is 1. The summed E-state index contributed by atoms with van der Waals surface area (Å²) in [5, 5.41) is 9.93. The van der Waals surface area contributed by atoms with Crippen LogP contribution in [0.1, 0.15) is 17.5 Å². The lowest BCUT2D eigenvalue weighted by Crippen LogP contribution is -2.42. The molecule has 3 rings (SSSR count). The van der Waals surface area contributed by atoms with Crippen molar-refractivity contribution in [2.75, 3.05) is 19.8 Å². The molecule has 29 heavy (non-hydrogen) atoms. The number of benzene rings is 2. The molecule has 154 valence electrons. The van der Waals surface area contributed by atoms with E-state index in [4.69, 9.17) is 9.47 Å². The number of nitrogens with zero attached hydrogens (tertiary/aromatic N) is 1. The Bertz CT molecular complexity index is 855. The van der Waals surface area contributed by atoms with Gasteiger partial charge in [0.05, 0.1) is 12.5 Å². The van der Waals surface area contributed by atoms with Crippen LogP contribution in [0.3, 0.4) is 0 Å². The van der Waals surface area contributed by atoms with Gasteiger partial charge in [0.2, 0.25) is 5.91 Å². The highest BCUT2D eigenvalue weighted by Gasteiger charge is 2.39. The number of carbonyl (C=O) groups is 2. The molecule has 2 aromatic rings. The molecule has 6 nitrogen and oxygen atoms in total. The molecule has 0 bridgehead atoms. The van der Waals surface area contributed by atoms with Crippen LogP contribution in [-0.2, 0) is 20.7 Å². The molecular formula is C22H24FNO5. The number of aryl methyl sites for hydroxylation is 1. The first-order valence-electron chi connectivity index (χ1n) is 9.51. The lowest BCUT2D eigenvalue weighted by molar-refractivity contribution is -0.153. The molecule has 1 aliphatic heterocycles. The second-order valence-corrected chi connectivity index (χ2v) is 7.05. The van der Waals surface area contributed by atoms with E-state index in [-0.39, 0.29) is 38.2 Å². The summed E-state index contributed by atoms with van der Waals surface area (Å²) in [4.78, 5) is 26.3. The molecule has 0 radical (unpaired) electrons. The highest BCUT2D eigenvalue weighted by atomic mass is 19.1. The Labute approximate surface area is 168 Å². The molecule has 1 saturated heterocycles. The van der Waals surface area contributed by atoms with Crippen molar-refractivity contribution >= 4 is 11.9 Å². The standard InChI is InChI=1S/C22H24FNO5/c1-15-6-8-18(9-7-15)28-10-11-29-22(27)20-13-17(25)14-24(20)21(26)12-16-4-2-3-5-19(16)23/h2-9,17,20,25H,10-14H2,1H3. The minimum Gasteiger partial charge on any atom is -0.490 e. The summed E-state index contributed by atoms with van der Waals surface area (Å²) in [5.74, 6) is -0.835. The molecule has 2 unspecified atom stereocenters. The summed E-state index contributed by atoms with van der Waals surface area (Å²) in [6.07, 6.45) is -0.902. The van der Waals surface area contributed by atoms with E-state index in [0.29, 0.717) is 5.75 Å². The first kappa shape index (κ1) is 20.8. The van der Waals surface area contributed by atoms with E-state index < -0.39 is 29.8 Å². The van der Waals surface area contributed by atoms with E-state index in [2.05, 4.69) is 0 Å². The van der Waals surface area contributed by atoms with Crippen molar-refractivity contribution in [2.24, 2.45) is 0 Å². The smallest absolute Gasteiger partial charge is 0.329 e. The number of amides is 1. The zero-order valence-electron chi connectivity index (χ0n) is 16.2. The third kappa shape index (κ3) is 5.54. The van der Waals surface area contributed by atoms with Crippen molar-refractivity contribution in [2.45, 2.75) is 31.9 Å². The maximum atomic E-state index is 13.8. The fourth-order valence-electron chi connectivity index (χ4n) is 3.25. The topological polar surface area (TPSA) is 76.1 Å². The molecule has 0 aromatic heterocycles. The third-order valence-electron chi connectivity index (χ3n) is 4.79. The summed E-state index contributed by atoms with van der Waals surface area (Å²) >= 11 is 0. The fourth-order valence-corrected chi connectivity index (χ4v) is 3.25. The molecular weight excluding hydrogens is 377 g/mol. The van der Waals surface area contributed by atoms with Crippen LogP contribution in [0.2, 0.25) is 0 Å². The summed E-state index contributed by atoms with van der Waals surface area (Å²) in [6.45, 7) is 2.19.